The van der Waals surface area contributed by atoms with Crippen LogP contribution >= 0.6 is 0 Å². The third-order valence-electron chi connectivity index (χ3n) is 8.31. The highest BCUT2D eigenvalue weighted by Crippen LogP contribution is 2.50. The molecule has 0 spiro atoms. The summed E-state index contributed by atoms with van der Waals surface area (Å²) in [6.07, 6.45) is 0. The molecule has 2 heterocycles. The molecule has 2 aliphatic rings. The second-order valence-electron chi connectivity index (χ2n) is 10.4. The summed E-state index contributed by atoms with van der Waals surface area (Å²) in [5.41, 5.74) is 9.67. The predicted molar refractivity (Wildman–Crippen MR) is 159 cm³/mol. The number of nitrogens with zero attached hydrogens (tertiary/aromatic N) is 2. The summed E-state index contributed by atoms with van der Waals surface area (Å²) in [7, 11) is -3.77. The number of benzene rings is 6. The first-order valence-electron chi connectivity index (χ1n) is 13.2. The summed E-state index contributed by atoms with van der Waals surface area (Å²) < 4.78 is 30.2. The van der Waals surface area contributed by atoms with Crippen molar-refractivity contribution >= 4 is 31.6 Å². The Kier molecular flexibility index (Phi) is 4.13. The minimum absolute atomic E-state index is 0.292. The summed E-state index contributed by atoms with van der Waals surface area (Å²) in [4.78, 5) is 5.47. The van der Waals surface area contributed by atoms with Crippen LogP contribution in [0, 0.1) is 0 Å². The molecular weight excluding hydrogens is 512 g/mol. The lowest BCUT2D eigenvalue weighted by atomic mass is 9.94. The van der Waals surface area contributed by atoms with E-state index in [-0.39, 0.29) is 0 Å². The van der Waals surface area contributed by atoms with Crippen molar-refractivity contribution in [3.8, 4) is 50.5 Å². The zero-order valence-corrected chi connectivity index (χ0v) is 22.0. The van der Waals surface area contributed by atoms with Gasteiger partial charge in [0.15, 0.2) is 0 Å². The fraction of sp³-hybridized carbons (Fsp3) is 0. The average Bonchev–Trinajstić information content (AvgIpc) is 3.55. The van der Waals surface area contributed by atoms with Crippen molar-refractivity contribution in [1.82, 2.24) is 9.55 Å². The Balaban J connectivity index is 1.32. The number of imidazole rings is 1. The third-order valence-corrected chi connectivity index (χ3v) is 10.1. The second-order valence-corrected chi connectivity index (χ2v) is 12.3. The van der Waals surface area contributed by atoms with Crippen LogP contribution in [0.3, 0.4) is 0 Å². The van der Waals surface area contributed by atoms with Crippen molar-refractivity contribution in [2.24, 2.45) is 0 Å². The predicted octanol–water partition coefficient (Wildman–Crippen LogP) is 8.31. The van der Waals surface area contributed by atoms with Crippen LogP contribution in [0.1, 0.15) is 0 Å². The number of hydrogen-bond donors (Lipinski definition) is 0. The highest BCUT2D eigenvalue weighted by atomic mass is 32.2. The van der Waals surface area contributed by atoms with Gasteiger partial charge in [-0.15, -0.1) is 0 Å². The van der Waals surface area contributed by atoms with Crippen molar-refractivity contribution in [2.45, 2.75) is 9.79 Å². The molecule has 7 aromatic rings. The number of hydrogen-bond acceptors (Lipinski definition) is 3. The van der Waals surface area contributed by atoms with E-state index >= 15 is 0 Å². The van der Waals surface area contributed by atoms with E-state index in [9.17, 15) is 8.42 Å². The molecule has 5 heteroatoms. The lowest BCUT2D eigenvalue weighted by Gasteiger charge is -2.22. The topological polar surface area (TPSA) is 52.0 Å². The third kappa shape index (κ3) is 2.69. The average molecular weight is 533 g/mol. The number of aromatic nitrogens is 2. The van der Waals surface area contributed by atoms with E-state index in [1.54, 1.807) is 12.1 Å². The van der Waals surface area contributed by atoms with E-state index in [4.69, 9.17) is 4.98 Å². The van der Waals surface area contributed by atoms with Crippen LogP contribution in [0.4, 0.5) is 0 Å². The van der Waals surface area contributed by atoms with Gasteiger partial charge in [0.05, 0.1) is 26.5 Å². The van der Waals surface area contributed by atoms with Gasteiger partial charge < -0.3 is 0 Å². The molecule has 40 heavy (non-hydrogen) atoms. The van der Waals surface area contributed by atoms with E-state index in [2.05, 4.69) is 54.6 Å². The van der Waals surface area contributed by atoms with Gasteiger partial charge in [-0.1, -0.05) is 97.1 Å². The molecule has 1 aromatic heterocycles. The van der Waals surface area contributed by atoms with Crippen LogP contribution in [0.5, 0.6) is 0 Å². The molecule has 188 valence electrons. The van der Waals surface area contributed by atoms with Crippen LogP contribution in [-0.2, 0) is 9.84 Å². The molecular formula is C35H20N2O2S. The van der Waals surface area contributed by atoms with Crippen molar-refractivity contribution in [2.75, 3.05) is 0 Å². The zero-order chi connectivity index (χ0) is 26.6. The van der Waals surface area contributed by atoms with Gasteiger partial charge in [0.1, 0.15) is 5.82 Å². The van der Waals surface area contributed by atoms with Crippen LogP contribution < -0.4 is 0 Å². The minimum Gasteiger partial charge on any atom is -0.290 e. The van der Waals surface area contributed by atoms with E-state index in [0.29, 0.717) is 26.5 Å². The van der Waals surface area contributed by atoms with Gasteiger partial charge in [-0.05, 0) is 68.4 Å². The highest BCUT2D eigenvalue weighted by molar-refractivity contribution is 7.92. The Labute approximate surface area is 230 Å². The molecule has 0 N–H and O–H groups in total. The summed E-state index contributed by atoms with van der Waals surface area (Å²) in [6, 6.07) is 40.3. The first-order chi connectivity index (χ1) is 19.6. The Morgan fingerprint density at radius 3 is 2.08 bits per heavy atom. The standard InChI is InChI=1S/C35H20N2O2S/c38-40(39)31-15-7-14-29-34(31)37(35(36-29)21-8-2-1-3-9-21)30-19-16-22(20-32(30)40)23-17-18-28-25-11-5-4-10-24(25)27-13-6-12-26(23)33(27)28/h1-20H. The molecule has 4 nitrogen and oxygen atoms in total. The van der Waals surface area contributed by atoms with Gasteiger partial charge in [0, 0.05) is 5.56 Å². The number of fused-ring (bicyclic) bond motifs is 5. The monoisotopic (exact) mass is 532 g/mol. The quantitative estimate of drug-likeness (QED) is 0.225. The molecule has 0 atom stereocenters. The maximum atomic E-state index is 14.1. The Morgan fingerprint density at radius 1 is 0.550 bits per heavy atom. The Morgan fingerprint density at radius 2 is 1.25 bits per heavy atom. The van der Waals surface area contributed by atoms with Crippen molar-refractivity contribution in [3.63, 3.8) is 0 Å². The molecule has 0 unspecified atom stereocenters. The van der Waals surface area contributed by atoms with Gasteiger partial charge in [0.25, 0.3) is 0 Å². The lowest BCUT2D eigenvalue weighted by molar-refractivity contribution is 0.594. The Hall–Kier alpha value is -5.00. The van der Waals surface area contributed by atoms with Crippen LogP contribution in [0.25, 0.3) is 72.3 Å². The summed E-state index contributed by atoms with van der Waals surface area (Å²) in [5, 5.41) is 2.34. The van der Waals surface area contributed by atoms with Gasteiger partial charge in [-0.25, -0.2) is 13.4 Å². The van der Waals surface area contributed by atoms with E-state index in [1.165, 1.54) is 27.6 Å². The Bertz CT molecular complexity index is 2300. The maximum Gasteiger partial charge on any atom is 0.210 e. The molecule has 1 aliphatic carbocycles. The molecule has 1 aliphatic heterocycles. The van der Waals surface area contributed by atoms with Crippen molar-refractivity contribution in [3.05, 3.63) is 121 Å². The largest absolute Gasteiger partial charge is 0.290 e. The first kappa shape index (κ1) is 21.9. The summed E-state index contributed by atoms with van der Waals surface area (Å²) in [6.45, 7) is 0. The molecule has 0 amide bonds. The normalized spacial score (nSPS) is 13.9. The minimum atomic E-state index is -3.77. The van der Waals surface area contributed by atoms with E-state index in [1.807, 2.05) is 59.2 Å². The van der Waals surface area contributed by atoms with E-state index < -0.39 is 9.84 Å². The van der Waals surface area contributed by atoms with Crippen LogP contribution in [-0.4, -0.2) is 18.0 Å². The highest BCUT2D eigenvalue weighted by Gasteiger charge is 2.34. The van der Waals surface area contributed by atoms with Crippen LogP contribution in [0.2, 0.25) is 0 Å². The molecule has 0 radical (unpaired) electrons. The molecule has 6 aromatic carbocycles. The van der Waals surface area contributed by atoms with Crippen molar-refractivity contribution < 1.29 is 8.42 Å². The molecule has 0 saturated carbocycles. The molecule has 9 rings (SSSR count). The fourth-order valence-corrected chi connectivity index (χ4v) is 8.25. The number of para-hydroxylation sites is 1. The van der Waals surface area contributed by atoms with Crippen LogP contribution in [0.15, 0.2) is 131 Å². The molecule has 0 bridgehead atoms. The van der Waals surface area contributed by atoms with E-state index in [0.717, 1.165) is 27.9 Å². The molecule has 0 fully saturated rings. The number of sulfone groups is 1. The fourth-order valence-electron chi connectivity index (χ4n) is 6.59. The SMILES string of the molecule is O=S1(=O)c2cc(-c3ccc4c5c(cccc35)-c3ccccc3-4)ccc2-n2c(-c3ccccc3)nc3cccc1c32. The summed E-state index contributed by atoms with van der Waals surface area (Å²) in [5.74, 6) is 0.732. The van der Waals surface area contributed by atoms with Crippen molar-refractivity contribution in [1.29, 1.82) is 0 Å². The van der Waals surface area contributed by atoms with Gasteiger partial charge in [-0.2, -0.15) is 0 Å². The smallest absolute Gasteiger partial charge is 0.210 e. The zero-order valence-electron chi connectivity index (χ0n) is 21.2. The maximum absolute atomic E-state index is 14.1. The van der Waals surface area contributed by atoms with Gasteiger partial charge in [0.2, 0.25) is 9.84 Å². The van der Waals surface area contributed by atoms with Gasteiger partial charge >= 0.3 is 0 Å². The lowest BCUT2D eigenvalue weighted by Crippen LogP contribution is -2.15. The molecule has 0 saturated heterocycles. The second kappa shape index (κ2) is 7.56. The first-order valence-corrected chi connectivity index (χ1v) is 14.7. The summed E-state index contributed by atoms with van der Waals surface area (Å²) >= 11 is 0. The van der Waals surface area contributed by atoms with Gasteiger partial charge in [-0.3, -0.25) is 4.57 Å². The number of rotatable bonds is 2.